The number of hydrogen-bond donors (Lipinski definition) is 1. The minimum atomic E-state index is -0.973. The highest BCUT2D eigenvalue weighted by molar-refractivity contribution is 6.20. The Balaban J connectivity index is 2.43. The molecule has 5 heteroatoms. The molecule has 1 N–H and O–H groups in total. The summed E-state index contributed by atoms with van der Waals surface area (Å²) in [4.78, 5) is 28.1. The van der Waals surface area contributed by atoms with Crippen molar-refractivity contribution in [2.24, 2.45) is 0 Å². The van der Waals surface area contributed by atoms with Gasteiger partial charge in [0, 0.05) is 6.20 Å². The molecule has 0 fully saturated rings. The van der Waals surface area contributed by atoms with E-state index in [1.165, 1.54) is 6.20 Å². The van der Waals surface area contributed by atoms with E-state index in [9.17, 15) is 9.59 Å². The summed E-state index contributed by atoms with van der Waals surface area (Å²) in [5.74, 6) is -0.973. The molecule has 0 unspecified atom stereocenters. The number of nitrogens with zero attached hydrogens (tertiary/aromatic N) is 1. The van der Waals surface area contributed by atoms with Crippen molar-refractivity contribution in [3.8, 4) is 0 Å². The van der Waals surface area contributed by atoms with Gasteiger partial charge < -0.3 is 4.84 Å². The Kier molecular flexibility index (Phi) is 2.78. The third-order valence-corrected chi connectivity index (χ3v) is 1.03. The fraction of sp³-hybridized carbons (Fsp3) is 0. The van der Waals surface area contributed by atoms with E-state index in [1.807, 2.05) is 0 Å². The maximum Gasteiger partial charge on any atom is 0.395 e. The number of anilines is 1. The Bertz CT molecular complexity index is 273. The van der Waals surface area contributed by atoms with Gasteiger partial charge in [-0.05, 0) is 12.1 Å². The van der Waals surface area contributed by atoms with Crippen LogP contribution in [0.1, 0.15) is 0 Å². The van der Waals surface area contributed by atoms with Crippen LogP contribution in [0.3, 0.4) is 0 Å². The van der Waals surface area contributed by atoms with E-state index in [4.69, 9.17) is 0 Å². The van der Waals surface area contributed by atoms with Crippen LogP contribution in [0, 0.1) is 0 Å². The van der Waals surface area contributed by atoms with Crippen LogP contribution in [-0.4, -0.2) is 17.2 Å². The zero-order valence-corrected chi connectivity index (χ0v) is 6.06. The molecule has 0 saturated carbocycles. The number of aldehydes is 1. The Labute approximate surface area is 68.3 Å². The summed E-state index contributed by atoms with van der Waals surface area (Å²) in [7, 11) is 0. The first-order valence-electron chi connectivity index (χ1n) is 3.15. The quantitative estimate of drug-likeness (QED) is 0.393. The average Bonchev–Trinajstić information content (AvgIpc) is 2.16. The Morgan fingerprint density at radius 1 is 1.67 bits per heavy atom. The highest BCUT2D eigenvalue weighted by Crippen LogP contribution is 2.01. The molecule has 0 aliphatic rings. The third kappa shape index (κ3) is 2.37. The third-order valence-electron chi connectivity index (χ3n) is 1.03. The number of hydrogen-bond acceptors (Lipinski definition) is 5. The van der Waals surface area contributed by atoms with Gasteiger partial charge in [0.1, 0.15) is 0 Å². The molecule has 1 aromatic rings. The molecule has 1 heterocycles. The highest BCUT2D eigenvalue weighted by atomic mass is 16.7. The Morgan fingerprint density at radius 2 is 2.50 bits per heavy atom. The summed E-state index contributed by atoms with van der Waals surface area (Å²) in [5, 5.41) is 0. The summed E-state index contributed by atoms with van der Waals surface area (Å²) < 4.78 is 0. The normalized spacial score (nSPS) is 8.67. The molecule has 62 valence electrons. The highest BCUT2D eigenvalue weighted by Gasteiger charge is 1.98. The predicted octanol–water partition coefficient (Wildman–Crippen LogP) is 0.151. The number of carbonyl (C=O) groups is 2. The first-order valence-corrected chi connectivity index (χ1v) is 3.15. The number of pyridine rings is 1. The first kappa shape index (κ1) is 8.19. The van der Waals surface area contributed by atoms with E-state index in [0.29, 0.717) is 5.69 Å². The second kappa shape index (κ2) is 4.07. The SMILES string of the molecule is O=CC(=O)ONc1cccnc1. The molecular weight excluding hydrogens is 160 g/mol. The van der Waals surface area contributed by atoms with Crippen LogP contribution < -0.4 is 5.48 Å². The molecule has 0 aliphatic carbocycles. The van der Waals surface area contributed by atoms with Gasteiger partial charge in [-0.25, -0.2) is 10.3 Å². The summed E-state index contributed by atoms with van der Waals surface area (Å²) in [5.41, 5.74) is 2.76. The van der Waals surface area contributed by atoms with Crippen molar-refractivity contribution in [1.82, 2.24) is 4.98 Å². The molecule has 0 aromatic carbocycles. The first-order chi connectivity index (χ1) is 5.83. The van der Waals surface area contributed by atoms with Crippen molar-refractivity contribution >= 4 is 17.9 Å². The fourth-order valence-electron chi connectivity index (χ4n) is 0.556. The molecule has 12 heavy (non-hydrogen) atoms. The average molecular weight is 166 g/mol. The van der Waals surface area contributed by atoms with E-state index in [0.717, 1.165) is 0 Å². The maximum absolute atomic E-state index is 10.3. The van der Waals surface area contributed by atoms with Crippen molar-refractivity contribution < 1.29 is 14.4 Å². The number of rotatable bonds is 3. The maximum atomic E-state index is 10.3. The van der Waals surface area contributed by atoms with Crippen LogP contribution in [0.25, 0.3) is 0 Å². The molecule has 0 atom stereocenters. The lowest BCUT2D eigenvalue weighted by atomic mass is 10.4. The van der Waals surface area contributed by atoms with Gasteiger partial charge in [-0.2, -0.15) is 0 Å². The predicted molar refractivity (Wildman–Crippen MR) is 40.0 cm³/mol. The lowest BCUT2D eigenvalue weighted by Crippen LogP contribution is -2.10. The molecule has 0 spiro atoms. The Hall–Kier alpha value is -1.91. The standard InChI is InChI=1S/C7H6N2O3/c10-5-7(11)12-9-6-2-1-3-8-4-6/h1-5,9H. The molecule has 0 saturated heterocycles. The van der Waals surface area contributed by atoms with Crippen molar-refractivity contribution in [1.29, 1.82) is 0 Å². The smallest absolute Gasteiger partial charge is 0.335 e. The minimum absolute atomic E-state index is 0.0728. The van der Waals surface area contributed by atoms with E-state index in [1.54, 1.807) is 18.3 Å². The lowest BCUT2D eigenvalue weighted by molar-refractivity contribution is -0.146. The number of aromatic nitrogens is 1. The summed E-state index contributed by atoms with van der Waals surface area (Å²) in [6.07, 6.45) is 3.11. The second-order valence-electron chi connectivity index (χ2n) is 1.88. The van der Waals surface area contributed by atoms with Crippen molar-refractivity contribution in [3.63, 3.8) is 0 Å². The van der Waals surface area contributed by atoms with Gasteiger partial charge >= 0.3 is 5.97 Å². The van der Waals surface area contributed by atoms with Crippen LogP contribution >= 0.6 is 0 Å². The van der Waals surface area contributed by atoms with E-state index < -0.39 is 5.97 Å². The zero-order valence-electron chi connectivity index (χ0n) is 6.06. The minimum Gasteiger partial charge on any atom is -0.335 e. The van der Waals surface area contributed by atoms with Gasteiger partial charge in [-0.3, -0.25) is 9.78 Å². The van der Waals surface area contributed by atoms with Crippen molar-refractivity contribution in [2.75, 3.05) is 5.48 Å². The Morgan fingerprint density at radius 3 is 3.08 bits per heavy atom. The monoisotopic (exact) mass is 166 g/mol. The van der Waals surface area contributed by atoms with Crippen molar-refractivity contribution in [2.45, 2.75) is 0 Å². The van der Waals surface area contributed by atoms with Gasteiger partial charge in [0.2, 0.25) is 6.29 Å². The van der Waals surface area contributed by atoms with Gasteiger partial charge in [0.25, 0.3) is 0 Å². The molecule has 5 nitrogen and oxygen atoms in total. The molecule has 1 rings (SSSR count). The lowest BCUT2D eigenvalue weighted by Gasteiger charge is -2.01. The van der Waals surface area contributed by atoms with E-state index in [-0.39, 0.29) is 6.29 Å². The van der Waals surface area contributed by atoms with E-state index in [2.05, 4.69) is 15.3 Å². The van der Waals surface area contributed by atoms with Crippen LogP contribution in [0.15, 0.2) is 24.5 Å². The van der Waals surface area contributed by atoms with Gasteiger partial charge in [-0.15, -0.1) is 0 Å². The fourth-order valence-corrected chi connectivity index (χ4v) is 0.556. The topological polar surface area (TPSA) is 68.3 Å². The van der Waals surface area contributed by atoms with Crippen LogP contribution in [0.5, 0.6) is 0 Å². The van der Waals surface area contributed by atoms with Crippen LogP contribution in [0.4, 0.5) is 5.69 Å². The second-order valence-corrected chi connectivity index (χ2v) is 1.88. The largest absolute Gasteiger partial charge is 0.395 e. The van der Waals surface area contributed by atoms with Crippen LogP contribution in [-0.2, 0) is 14.4 Å². The molecular formula is C7H6N2O3. The number of carbonyl (C=O) groups excluding carboxylic acids is 2. The zero-order chi connectivity index (χ0) is 8.81. The molecule has 0 bridgehead atoms. The van der Waals surface area contributed by atoms with E-state index >= 15 is 0 Å². The molecule has 0 aliphatic heterocycles. The summed E-state index contributed by atoms with van der Waals surface area (Å²) >= 11 is 0. The van der Waals surface area contributed by atoms with Crippen molar-refractivity contribution in [3.05, 3.63) is 24.5 Å². The molecule has 0 radical (unpaired) electrons. The van der Waals surface area contributed by atoms with Crippen LogP contribution in [0.2, 0.25) is 0 Å². The van der Waals surface area contributed by atoms with Gasteiger partial charge in [-0.1, -0.05) is 0 Å². The van der Waals surface area contributed by atoms with Gasteiger partial charge in [0.05, 0.1) is 11.9 Å². The number of nitrogens with one attached hydrogen (secondary N) is 1. The molecule has 0 amide bonds. The summed E-state index contributed by atoms with van der Waals surface area (Å²) in [6, 6.07) is 3.31. The van der Waals surface area contributed by atoms with Gasteiger partial charge in [0.15, 0.2) is 0 Å². The molecule has 1 aromatic heterocycles. The summed E-state index contributed by atoms with van der Waals surface area (Å²) in [6.45, 7) is 0.